The molecule has 1 aliphatic heterocycles. The van der Waals surface area contributed by atoms with E-state index in [0.29, 0.717) is 19.4 Å². The van der Waals surface area contributed by atoms with Crippen LogP contribution in [0, 0.1) is 5.41 Å². The summed E-state index contributed by atoms with van der Waals surface area (Å²) in [5.41, 5.74) is -0.956. The van der Waals surface area contributed by atoms with Gasteiger partial charge in [0.2, 0.25) is 11.8 Å². The lowest BCUT2D eigenvalue weighted by molar-refractivity contribution is -0.144. The summed E-state index contributed by atoms with van der Waals surface area (Å²) in [4.78, 5) is 40.3. The minimum atomic E-state index is -0.956. The van der Waals surface area contributed by atoms with Gasteiger partial charge in [-0.1, -0.05) is 0 Å². The Labute approximate surface area is 103 Å². The van der Waals surface area contributed by atoms with Crippen molar-refractivity contribution in [2.24, 2.45) is 5.41 Å². The summed E-state index contributed by atoms with van der Waals surface area (Å²) in [6.07, 6.45) is 6.07. The van der Waals surface area contributed by atoms with E-state index in [2.05, 4.69) is 10.3 Å². The highest BCUT2D eigenvalue weighted by molar-refractivity contribution is 6.20. The Morgan fingerprint density at radius 3 is 2.67 bits per heavy atom. The van der Waals surface area contributed by atoms with Crippen molar-refractivity contribution in [3.8, 4) is 0 Å². The van der Waals surface area contributed by atoms with E-state index in [-0.39, 0.29) is 12.5 Å². The summed E-state index contributed by atoms with van der Waals surface area (Å²) >= 11 is 0. The van der Waals surface area contributed by atoms with Crippen LogP contribution < -0.4 is 5.32 Å². The number of nitrogens with one attached hydrogen (secondary N) is 1. The third-order valence-corrected chi connectivity index (χ3v) is 3.45. The van der Waals surface area contributed by atoms with Crippen LogP contribution in [-0.4, -0.2) is 38.8 Å². The Kier molecular flexibility index (Phi) is 2.22. The van der Waals surface area contributed by atoms with E-state index < -0.39 is 17.4 Å². The molecule has 94 valence electrons. The van der Waals surface area contributed by atoms with Crippen LogP contribution in [0.2, 0.25) is 0 Å². The predicted molar refractivity (Wildman–Crippen MR) is 59.1 cm³/mol. The molecule has 2 heterocycles. The molecule has 0 aromatic carbocycles. The van der Waals surface area contributed by atoms with Crippen molar-refractivity contribution in [3.63, 3.8) is 0 Å². The Bertz CT molecular complexity index is 518. The first-order valence-electron chi connectivity index (χ1n) is 5.77. The van der Waals surface area contributed by atoms with Crippen LogP contribution in [0.15, 0.2) is 18.7 Å². The molecule has 18 heavy (non-hydrogen) atoms. The minimum Gasteiger partial charge on any atom is -0.336 e. The normalized spacial score (nSPS) is 21.3. The Morgan fingerprint density at radius 2 is 2.06 bits per heavy atom. The highest BCUT2D eigenvalue weighted by Crippen LogP contribution is 2.48. The van der Waals surface area contributed by atoms with Gasteiger partial charge in [-0.15, -0.1) is 0 Å². The van der Waals surface area contributed by atoms with Crippen molar-refractivity contribution in [3.05, 3.63) is 18.7 Å². The van der Waals surface area contributed by atoms with E-state index >= 15 is 0 Å². The lowest BCUT2D eigenvalue weighted by atomic mass is 10.0. The molecule has 2 fully saturated rings. The van der Waals surface area contributed by atoms with Gasteiger partial charge in [0.1, 0.15) is 5.41 Å². The van der Waals surface area contributed by atoms with E-state index in [0.717, 1.165) is 4.90 Å². The number of hydrogen-bond acceptors (Lipinski definition) is 4. The zero-order valence-electron chi connectivity index (χ0n) is 9.63. The standard InChI is InChI=1S/C11H12N4O3/c16-8-11(1-2-11)9(17)15(10(18)13-8)6-5-14-4-3-12-7-14/h3-4,7H,1-2,5-6H2,(H,13,16,18). The molecule has 2 aliphatic rings. The third-order valence-electron chi connectivity index (χ3n) is 3.45. The van der Waals surface area contributed by atoms with Crippen LogP contribution in [0.3, 0.4) is 0 Å². The number of amides is 4. The first-order valence-corrected chi connectivity index (χ1v) is 5.77. The monoisotopic (exact) mass is 248 g/mol. The van der Waals surface area contributed by atoms with Crippen LogP contribution in [-0.2, 0) is 16.1 Å². The number of carbonyl (C=O) groups is 3. The predicted octanol–water partition coefficient (Wildman–Crippen LogP) is -0.258. The molecule has 0 bridgehead atoms. The van der Waals surface area contributed by atoms with E-state index in [4.69, 9.17) is 0 Å². The smallest absolute Gasteiger partial charge is 0.330 e. The zero-order valence-corrected chi connectivity index (χ0v) is 9.63. The van der Waals surface area contributed by atoms with Gasteiger partial charge in [-0.2, -0.15) is 0 Å². The summed E-state index contributed by atoms with van der Waals surface area (Å²) in [6.45, 7) is 0.722. The molecule has 1 spiro atoms. The molecule has 1 aliphatic carbocycles. The molecule has 0 radical (unpaired) electrons. The maximum Gasteiger partial charge on any atom is 0.330 e. The van der Waals surface area contributed by atoms with Gasteiger partial charge in [-0.3, -0.25) is 19.8 Å². The zero-order chi connectivity index (χ0) is 12.8. The first-order chi connectivity index (χ1) is 8.63. The average molecular weight is 248 g/mol. The fraction of sp³-hybridized carbons (Fsp3) is 0.455. The average Bonchev–Trinajstić information content (AvgIpc) is 2.99. The maximum absolute atomic E-state index is 12.1. The van der Waals surface area contributed by atoms with Crippen molar-refractivity contribution in [1.29, 1.82) is 0 Å². The summed E-state index contributed by atoms with van der Waals surface area (Å²) in [6, 6.07) is -0.623. The van der Waals surface area contributed by atoms with Crippen LogP contribution >= 0.6 is 0 Å². The topological polar surface area (TPSA) is 84.3 Å². The number of aromatic nitrogens is 2. The summed E-state index contributed by atoms with van der Waals surface area (Å²) < 4.78 is 1.77. The van der Waals surface area contributed by atoms with Crippen molar-refractivity contribution in [2.75, 3.05) is 6.54 Å². The van der Waals surface area contributed by atoms with E-state index in [1.165, 1.54) is 0 Å². The molecule has 1 saturated heterocycles. The highest BCUT2D eigenvalue weighted by atomic mass is 16.2. The van der Waals surface area contributed by atoms with Crippen LogP contribution in [0.5, 0.6) is 0 Å². The number of rotatable bonds is 3. The molecule has 3 rings (SSSR count). The highest BCUT2D eigenvalue weighted by Gasteiger charge is 2.62. The second-order valence-electron chi connectivity index (χ2n) is 4.60. The number of hydrogen-bond donors (Lipinski definition) is 1. The van der Waals surface area contributed by atoms with Crippen LogP contribution in [0.1, 0.15) is 12.8 Å². The largest absolute Gasteiger partial charge is 0.336 e. The molecule has 1 saturated carbocycles. The van der Waals surface area contributed by atoms with Gasteiger partial charge in [0.25, 0.3) is 0 Å². The molecule has 1 N–H and O–H groups in total. The molecule has 4 amide bonds. The molecule has 7 nitrogen and oxygen atoms in total. The Morgan fingerprint density at radius 1 is 1.28 bits per heavy atom. The van der Waals surface area contributed by atoms with Crippen molar-refractivity contribution < 1.29 is 14.4 Å². The maximum atomic E-state index is 12.1. The second kappa shape index (κ2) is 3.66. The van der Waals surface area contributed by atoms with E-state index in [1.54, 1.807) is 23.3 Å². The third kappa shape index (κ3) is 1.51. The van der Waals surface area contributed by atoms with Gasteiger partial charge in [-0.25, -0.2) is 9.78 Å². The molecular formula is C11H12N4O3. The molecule has 0 atom stereocenters. The number of urea groups is 1. The number of nitrogens with zero attached hydrogens (tertiary/aromatic N) is 3. The van der Waals surface area contributed by atoms with Gasteiger partial charge in [0.15, 0.2) is 0 Å². The number of barbiturate groups is 1. The van der Waals surface area contributed by atoms with E-state index in [1.807, 2.05) is 0 Å². The van der Waals surface area contributed by atoms with Gasteiger partial charge in [-0.05, 0) is 12.8 Å². The SMILES string of the molecule is O=C1NC(=O)C2(CC2)C(=O)N1CCn1ccnc1. The van der Waals surface area contributed by atoms with Gasteiger partial charge in [0, 0.05) is 25.5 Å². The Hall–Kier alpha value is -2.18. The molecular weight excluding hydrogens is 236 g/mol. The van der Waals surface area contributed by atoms with Crippen molar-refractivity contribution >= 4 is 17.8 Å². The molecule has 1 aromatic rings. The second-order valence-corrected chi connectivity index (χ2v) is 4.60. The quantitative estimate of drug-likeness (QED) is 0.747. The van der Waals surface area contributed by atoms with Gasteiger partial charge in [0.05, 0.1) is 6.33 Å². The lowest BCUT2D eigenvalue weighted by Crippen LogP contribution is -2.59. The number of imidazole rings is 1. The number of carbonyl (C=O) groups excluding carboxylic acids is 3. The summed E-state index contributed by atoms with van der Waals surface area (Å²) in [7, 11) is 0. The molecule has 1 aromatic heterocycles. The van der Waals surface area contributed by atoms with Gasteiger partial charge < -0.3 is 4.57 Å². The fourth-order valence-electron chi connectivity index (χ4n) is 2.14. The summed E-state index contributed by atoms with van der Waals surface area (Å²) in [5.74, 6) is -0.812. The minimum absolute atomic E-state index is 0.246. The summed E-state index contributed by atoms with van der Waals surface area (Å²) in [5, 5.41) is 2.24. The Balaban J connectivity index is 1.73. The van der Waals surface area contributed by atoms with Crippen molar-refractivity contribution in [1.82, 2.24) is 19.8 Å². The molecule has 0 unspecified atom stereocenters. The molecule has 7 heteroatoms. The van der Waals surface area contributed by atoms with E-state index in [9.17, 15) is 14.4 Å². The van der Waals surface area contributed by atoms with Crippen molar-refractivity contribution in [2.45, 2.75) is 19.4 Å². The lowest BCUT2D eigenvalue weighted by Gasteiger charge is -2.30. The first kappa shape index (κ1) is 10.9. The fourth-order valence-corrected chi connectivity index (χ4v) is 2.14. The van der Waals surface area contributed by atoms with Gasteiger partial charge >= 0.3 is 6.03 Å². The number of imide groups is 2. The van der Waals surface area contributed by atoms with Crippen LogP contribution in [0.4, 0.5) is 4.79 Å². The van der Waals surface area contributed by atoms with Crippen LogP contribution in [0.25, 0.3) is 0 Å².